The highest BCUT2D eigenvalue weighted by molar-refractivity contribution is 6.21. The molecule has 1 N–H and O–H groups in total. The lowest BCUT2D eigenvalue weighted by Crippen LogP contribution is -2.28. The first kappa shape index (κ1) is 18.9. The van der Waals surface area contributed by atoms with Crippen LogP contribution in [0.3, 0.4) is 0 Å². The van der Waals surface area contributed by atoms with E-state index in [-0.39, 0.29) is 34.3 Å². The van der Waals surface area contributed by atoms with Crippen LogP contribution in [0.2, 0.25) is 0 Å². The minimum atomic E-state index is -0.590. The number of amides is 3. The van der Waals surface area contributed by atoms with Gasteiger partial charge in [-0.25, -0.2) is 4.98 Å². The Labute approximate surface area is 167 Å². The number of imide groups is 1. The van der Waals surface area contributed by atoms with Crippen molar-refractivity contribution in [3.05, 3.63) is 74.3 Å². The van der Waals surface area contributed by atoms with E-state index in [2.05, 4.69) is 10.3 Å². The van der Waals surface area contributed by atoms with Crippen LogP contribution in [0.4, 0.5) is 11.4 Å². The molecule has 0 atom stereocenters. The summed E-state index contributed by atoms with van der Waals surface area (Å²) in [6.07, 6.45) is 1.13. The zero-order valence-corrected chi connectivity index (χ0v) is 15.5. The summed E-state index contributed by atoms with van der Waals surface area (Å²) in [4.78, 5) is 64.2. The lowest BCUT2D eigenvalue weighted by molar-refractivity contribution is -0.384. The van der Waals surface area contributed by atoms with Crippen molar-refractivity contribution in [2.24, 2.45) is 0 Å². The fourth-order valence-corrected chi connectivity index (χ4v) is 3.17. The molecule has 2 aromatic carbocycles. The van der Waals surface area contributed by atoms with Crippen LogP contribution in [0, 0.1) is 10.1 Å². The van der Waals surface area contributed by atoms with Gasteiger partial charge in [0, 0.05) is 24.9 Å². The number of hydrogen-bond acceptors (Lipinski definition) is 7. The second kappa shape index (κ2) is 6.88. The Morgan fingerprint density at radius 2 is 1.83 bits per heavy atom. The maximum atomic E-state index is 12.6. The van der Waals surface area contributed by atoms with Gasteiger partial charge in [0.05, 0.1) is 33.3 Å². The zero-order chi connectivity index (χ0) is 21.6. The van der Waals surface area contributed by atoms with E-state index < -0.39 is 28.2 Å². The number of anilines is 1. The van der Waals surface area contributed by atoms with Crippen molar-refractivity contribution in [1.82, 2.24) is 14.5 Å². The van der Waals surface area contributed by atoms with Crippen LogP contribution in [-0.4, -0.2) is 44.1 Å². The average molecular weight is 407 g/mol. The van der Waals surface area contributed by atoms with Crippen LogP contribution >= 0.6 is 0 Å². The molecule has 3 aromatic rings. The molecule has 0 saturated carbocycles. The van der Waals surface area contributed by atoms with E-state index in [0.29, 0.717) is 5.69 Å². The minimum Gasteiger partial charge on any atom is -0.325 e. The first-order chi connectivity index (χ1) is 14.3. The van der Waals surface area contributed by atoms with E-state index in [1.807, 2.05) is 0 Å². The summed E-state index contributed by atoms with van der Waals surface area (Å²) >= 11 is 0. The number of nitrogens with one attached hydrogen (secondary N) is 1. The number of hydrogen-bond donors (Lipinski definition) is 1. The second-order valence-corrected chi connectivity index (χ2v) is 6.61. The monoisotopic (exact) mass is 407 g/mol. The molecule has 1 aliphatic rings. The number of benzene rings is 2. The van der Waals surface area contributed by atoms with Crippen molar-refractivity contribution >= 4 is 40.0 Å². The molecule has 1 aliphatic heterocycles. The van der Waals surface area contributed by atoms with Gasteiger partial charge in [-0.15, -0.1) is 0 Å². The van der Waals surface area contributed by atoms with E-state index in [4.69, 9.17) is 0 Å². The maximum Gasteiger partial charge on any atom is 0.271 e. The number of aromatic nitrogens is 2. The fraction of sp³-hybridized carbons (Fsp3) is 0.105. The lowest BCUT2D eigenvalue weighted by Gasteiger charge is -2.08. The van der Waals surface area contributed by atoms with Gasteiger partial charge in [-0.1, -0.05) is 0 Å². The molecule has 3 amide bonds. The van der Waals surface area contributed by atoms with Crippen molar-refractivity contribution in [3.8, 4) is 0 Å². The third kappa shape index (κ3) is 3.07. The first-order valence-electron chi connectivity index (χ1n) is 8.66. The number of nitro groups is 1. The summed E-state index contributed by atoms with van der Waals surface area (Å²) < 4.78 is 1.07. The molecule has 11 nitrogen and oxygen atoms in total. The lowest BCUT2D eigenvalue weighted by atomic mass is 10.1. The SMILES string of the molecule is CN1C(=O)c2ccc(NC(=O)Cn3cnc4cc([N+](=O)[O-])ccc4c3=O)cc2C1=O. The Morgan fingerprint density at radius 3 is 2.57 bits per heavy atom. The van der Waals surface area contributed by atoms with Gasteiger partial charge in [0.25, 0.3) is 23.1 Å². The predicted molar refractivity (Wildman–Crippen MR) is 104 cm³/mol. The summed E-state index contributed by atoms with van der Waals surface area (Å²) in [6.45, 7) is -0.359. The molecule has 0 radical (unpaired) electrons. The molecule has 0 fully saturated rings. The number of rotatable bonds is 4. The topological polar surface area (TPSA) is 145 Å². The second-order valence-electron chi connectivity index (χ2n) is 6.61. The average Bonchev–Trinajstić information content (AvgIpc) is 2.93. The van der Waals surface area contributed by atoms with Crippen LogP contribution in [-0.2, 0) is 11.3 Å². The van der Waals surface area contributed by atoms with Crippen molar-refractivity contribution in [2.45, 2.75) is 6.54 Å². The van der Waals surface area contributed by atoms with Crippen molar-refractivity contribution < 1.29 is 19.3 Å². The fourth-order valence-electron chi connectivity index (χ4n) is 3.17. The van der Waals surface area contributed by atoms with E-state index >= 15 is 0 Å². The van der Waals surface area contributed by atoms with Crippen LogP contribution in [0.5, 0.6) is 0 Å². The molecule has 0 unspecified atom stereocenters. The minimum absolute atomic E-state index is 0.139. The van der Waals surface area contributed by atoms with E-state index in [9.17, 15) is 29.3 Å². The molecule has 0 bridgehead atoms. The largest absolute Gasteiger partial charge is 0.325 e. The molecule has 2 heterocycles. The predicted octanol–water partition coefficient (Wildman–Crippen LogP) is 1.17. The van der Waals surface area contributed by atoms with Crippen LogP contribution < -0.4 is 10.9 Å². The molecule has 0 saturated heterocycles. The van der Waals surface area contributed by atoms with Gasteiger partial charge >= 0.3 is 0 Å². The third-order valence-electron chi connectivity index (χ3n) is 4.71. The highest BCUT2D eigenvalue weighted by Crippen LogP contribution is 2.24. The Kier molecular flexibility index (Phi) is 4.34. The van der Waals surface area contributed by atoms with E-state index in [1.54, 1.807) is 0 Å². The van der Waals surface area contributed by atoms with Gasteiger partial charge < -0.3 is 5.32 Å². The number of non-ortho nitro benzene ring substituents is 1. The molecule has 30 heavy (non-hydrogen) atoms. The van der Waals surface area contributed by atoms with Gasteiger partial charge in [0.2, 0.25) is 5.91 Å². The number of nitro benzene ring substituents is 1. The highest BCUT2D eigenvalue weighted by atomic mass is 16.6. The molecule has 0 aliphatic carbocycles. The molecular weight excluding hydrogens is 394 g/mol. The summed E-state index contributed by atoms with van der Waals surface area (Å²) in [5, 5.41) is 13.6. The quantitative estimate of drug-likeness (QED) is 0.388. The van der Waals surface area contributed by atoms with Crippen LogP contribution in [0.1, 0.15) is 20.7 Å². The zero-order valence-electron chi connectivity index (χ0n) is 15.5. The molecule has 1 aromatic heterocycles. The molecule has 4 rings (SSSR count). The molecular formula is C19H13N5O6. The standard InChI is InChI=1S/C19H13N5O6/c1-22-17(26)12-4-2-10(6-14(12)18(22)27)21-16(25)8-23-9-20-15-7-11(24(29)30)3-5-13(15)19(23)28/h2-7,9H,8H2,1H3,(H,21,25). The number of nitrogens with zero attached hydrogens (tertiary/aromatic N) is 4. The first-order valence-corrected chi connectivity index (χ1v) is 8.66. The highest BCUT2D eigenvalue weighted by Gasteiger charge is 2.32. The maximum absolute atomic E-state index is 12.6. The van der Waals surface area contributed by atoms with E-state index in [1.165, 1.54) is 43.4 Å². The normalized spacial score (nSPS) is 12.9. The number of carbonyl (C=O) groups is 3. The van der Waals surface area contributed by atoms with Crippen LogP contribution in [0.15, 0.2) is 47.5 Å². The third-order valence-corrected chi connectivity index (χ3v) is 4.71. The number of fused-ring (bicyclic) bond motifs is 2. The molecule has 11 heteroatoms. The molecule has 150 valence electrons. The smallest absolute Gasteiger partial charge is 0.271 e. The molecule has 0 spiro atoms. The Bertz CT molecular complexity index is 1330. The van der Waals surface area contributed by atoms with E-state index in [0.717, 1.165) is 15.8 Å². The van der Waals surface area contributed by atoms with Gasteiger partial charge in [-0.3, -0.25) is 38.8 Å². The van der Waals surface area contributed by atoms with Crippen molar-refractivity contribution in [3.63, 3.8) is 0 Å². The van der Waals surface area contributed by atoms with Crippen molar-refractivity contribution in [2.75, 3.05) is 12.4 Å². The summed E-state index contributed by atoms with van der Waals surface area (Å²) in [5.41, 5.74) is 0.168. The van der Waals surface area contributed by atoms with Gasteiger partial charge in [-0.05, 0) is 24.3 Å². The summed E-state index contributed by atoms with van der Waals surface area (Å²) in [6, 6.07) is 8.00. The summed E-state index contributed by atoms with van der Waals surface area (Å²) in [5.74, 6) is -1.43. The number of carbonyl (C=O) groups excluding carboxylic acids is 3. The van der Waals surface area contributed by atoms with Crippen LogP contribution in [0.25, 0.3) is 10.9 Å². The summed E-state index contributed by atoms with van der Waals surface area (Å²) in [7, 11) is 1.37. The van der Waals surface area contributed by atoms with Gasteiger partial charge in [0.15, 0.2) is 0 Å². The van der Waals surface area contributed by atoms with Gasteiger partial charge in [-0.2, -0.15) is 0 Å². The Balaban J connectivity index is 1.56. The Morgan fingerprint density at radius 1 is 1.10 bits per heavy atom. The van der Waals surface area contributed by atoms with Crippen molar-refractivity contribution in [1.29, 1.82) is 0 Å². The Hall–Kier alpha value is -4.41. The van der Waals surface area contributed by atoms with Gasteiger partial charge in [0.1, 0.15) is 6.54 Å².